The van der Waals surface area contributed by atoms with Crippen molar-refractivity contribution in [2.75, 3.05) is 31.2 Å². The Kier molecular flexibility index (Phi) is 5.78. The molecule has 1 aliphatic carbocycles. The van der Waals surface area contributed by atoms with Gasteiger partial charge in [-0.25, -0.2) is 9.59 Å². The van der Waals surface area contributed by atoms with Gasteiger partial charge in [-0.05, 0) is 52.0 Å². The molecule has 1 amide bonds. The summed E-state index contributed by atoms with van der Waals surface area (Å²) in [6.07, 6.45) is 4.21. The molecule has 12 heteroatoms. The molecule has 1 saturated heterocycles. The molecule has 0 bridgehead atoms. The normalized spacial score (nSPS) is 27.0. The van der Waals surface area contributed by atoms with Gasteiger partial charge in [0.05, 0.1) is 24.9 Å². The summed E-state index contributed by atoms with van der Waals surface area (Å²) in [6.45, 7) is 9.36. The number of piperazine rings is 1. The van der Waals surface area contributed by atoms with Gasteiger partial charge in [0, 0.05) is 25.0 Å². The van der Waals surface area contributed by atoms with Crippen molar-refractivity contribution >= 4 is 29.1 Å². The van der Waals surface area contributed by atoms with E-state index in [1.54, 1.807) is 9.47 Å². The average molecular weight is 527 g/mol. The second-order valence-corrected chi connectivity index (χ2v) is 11.7. The highest BCUT2D eigenvalue weighted by atomic mass is 16.6. The minimum atomic E-state index is -0.960. The van der Waals surface area contributed by atoms with Gasteiger partial charge in [0.15, 0.2) is 5.82 Å². The Hall–Kier alpha value is -3.41. The Morgan fingerprint density at radius 1 is 1.18 bits per heavy atom. The van der Waals surface area contributed by atoms with Gasteiger partial charge < -0.3 is 24.4 Å². The van der Waals surface area contributed by atoms with E-state index in [1.807, 2.05) is 33.8 Å². The van der Waals surface area contributed by atoms with E-state index in [9.17, 15) is 19.5 Å². The van der Waals surface area contributed by atoms with E-state index >= 15 is 0 Å². The van der Waals surface area contributed by atoms with E-state index in [-0.39, 0.29) is 35.4 Å². The summed E-state index contributed by atoms with van der Waals surface area (Å²) in [6, 6.07) is -0.966. The van der Waals surface area contributed by atoms with Gasteiger partial charge in [-0.1, -0.05) is 13.0 Å². The summed E-state index contributed by atoms with van der Waals surface area (Å²) < 4.78 is 14.0. The van der Waals surface area contributed by atoms with Crippen molar-refractivity contribution in [2.24, 2.45) is 0 Å². The molecule has 5 heterocycles. The second-order valence-electron chi connectivity index (χ2n) is 11.7. The van der Waals surface area contributed by atoms with Crippen LogP contribution in [0.5, 0.6) is 0 Å². The molecule has 0 radical (unpaired) electrons. The van der Waals surface area contributed by atoms with Crippen LogP contribution >= 0.6 is 0 Å². The van der Waals surface area contributed by atoms with Crippen LogP contribution in [0.3, 0.4) is 0 Å². The van der Waals surface area contributed by atoms with E-state index in [1.165, 1.54) is 4.52 Å². The van der Waals surface area contributed by atoms with Crippen LogP contribution < -0.4 is 10.5 Å². The highest BCUT2D eigenvalue weighted by Crippen LogP contribution is 2.44. The van der Waals surface area contributed by atoms with E-state index in [0.717, 1.165) is 18.4 Å². The van der Waals surface area contributed by atoms with Crippen LogP contribution in [0, 0.1) is 0 Å². The number of rotatable bonds is 3. The lowest BCUT2D eigenvalue weighted by atomic mass is 9.81. The number of anilines is 1. The summed E-state index contributed by atoms with van der Waals surface area (Å²) in [4.78, 5) is 47.9. The molecule has 204 valence electrons. The molecule has 0 unspecified atom stereocenters. The van der Waals surface area contributed by atoms with Crippen LogP contribution in [-0.4, -0.2) is 85.2 Å². The predicted octanol–water partition coefficient (Wildman–Crippen LogP) is 2.42. The number of carboxylic acids is 1. The molecule has 2 aromatic rings. The molecule has 3 aliphatic heterocycles. The monoisotopic (exact) mass is 526 g/mol. The van der Waals surface area contributed by atoms with Crippen molar-refractivity contribution in [1.82, 2.24) is 24.1 Å². The zero-order valence-electron chi connectivity index (χ0n) is 22.2. The standard InChI is InChI=1S/C26H34N6O6/c1-14-13-18(23(34)35)31-19(14)20(22(33)32-24(31)27-21(28-32)15-7-11-37-12-8-15)29-9-10-30(17-6-5-16(17)29)25(36)38-26(2,3)4/h7,14,16-18H,5-6,8-13H2,1-4H3,(H,34,35)/t14-,16+,17+,18-/m1/s1. The summed E-state index contributed by atoms with van der Waals surface area (Å²) >= 11 is 0. The largest absolute Gasteiger partial charge is 0.480 e. The molecule has 12 nitrogen and oxygen atoms in total. The smallest absolute Gasteiger partial charge is 0.410 e. The van der Waals surface area contributed by atoms with Gasteiger partial charge in [0.25, 0.3) is 5.56 Å². The van der Waals surface area contributed by atoms with Crippen molar-refractivity contribution in [3.05, 3.63) is 27.9 Å². The Morgan fingerprint density at radius 3 is 2.58 bits per heavy atom. The molecular weight excluding hydrogens is 492 g/mol. The highest BCUT2D eigenvalue weighted by molar-refractivity contribution is 5.76. The number of fused-ring (bicyclic) bond motifs is 4. The van der Waals surface area contributed by atoms with Crippen LogP contribution in [0.25, 0.3) is 11.4 Å². The first-order valence-corrected chi connectivity index (χ1v) is 13.4. The molecule has 0 spiro atoms. The lowest BCUT2D eigenvalue weighted by Crippen LogP contribution is -2.67. The summed E-state index contributed by atoms with van der Waals surface area (Å²) in [5, 5.41) is 14.7. The third kappa shape index (κ3) is 3.88. The van der Waals surface area contributed by atoms with Gasteiger partial charge in [0.1, 0.15) is 17.3 Å². The number of hydrogen-bond acceptors (Lipinski definition) is 8. The van der Waals surface area contributed by atoms with Gasteiger partial charge >= 0.3 is 12.1 Å². The average Bonchev–Trinajstić information content (AvgIpc) is 3.42. The molecule has 4 atom stereocenters. The number of nitrogens with zero attached hydrogens (tertiary/aromatic N) is 6. The Bertz CT molecular complexity index is 1400. The lowest BCUT2D eigenvalue weighted by Gasteiger charge is -2.54. The number of ether oxygens (including phenoxy) is 2. The van der Waals surface area contributed by atoms with Gasteiger partial charge in [-0.3, -0.25) is 9.36 Å². The molecule has 2 aromatic heterocycles. The fourth-order valence-corrected chi connectivity index (χ4v) is 6.27. The van der Waals surface area contributed by atoms with Gasteiger partial charge in [-0.2, -0.15) is 9.50 Å². The zero-order chi connectivity index (χ0) is 26.9. The minimum absolute atomic E-state index is 0.0524. The Labute approximate surface area is 219 Å². The van der Waals surface area contributed by atoms with E-state index in [0.29, 0.717) is 56.4 Å². The SMILES string of the molecule is C[C@@H]1C[C@H](C(=O)O)n2c1c(N1CCN(C(=O)OC(C)(C)C)[C@H]3CC[C@@H]31)c(=O)n1nc(C3=CCOCC3)nc21. The Balaban J connectivity index is 1.46. The second kappa shape index (κ2) is 8.82. The number of hydrogen-bond donors (Lipinski definition) is 1. The topological polar surface area (TPSA) is 132 Å². The maximum absolute atomic E-state index is 14.1. The fraction of sp³-hybridized carbons (Fsp3) is 0.654. The predicted molar refractivity (Wildman–Crippen MR) is 137 cm³/mol. The maximum Gasteiger partial charge on any atom is 0.410 e. The first kappa shape index (κ1) is 24.9. The van der Waals surface area contributed by atoms with Gasteiger partial charge in [0.2, 0.25) is 5.78 Å². The summed E-state index contributed by atoms with van der Waals surface area (Å²) in [7, 11) is 0. The fourth-order valence-electron chi connectivity index (χ4n) is 6.27. The zero-order valence-corrected chi connectivity index (χ0v) is 22.2. The van der Waals surface area contributed by atoms with Crippen LogP contribution in [0.15, 0.2) is 10.9 Å². The molecule has 6 rings (SSSR count). The van der Waals surface area contributed by atoms with E-state index in [2.05, 4.69) is 15.0 Å². The number of aliphatic carboxylic acids is 1. The molecule has 1 N–H and O–H groups in total. The molecule has 2 fully saturated rings. The first-order valence-electron chi connectivity index (χ1n) is 13.4. The third-order valence-corrected chi connectivity index (χ3v) is 8.09. The number of amides is 1. The molecular formula is C26H34N6O6. The minimum Gasteiger partial charge on any atom is -0.480 e. The van der Waals surface area contributed by atoms with Crippen LogP contribution in [0.4, 0.5) is 10.5 Å². The molecule has 4 aliphatic rings. The quantitative estimate of drug-likeness (QED) is 0.640. The number of aromatic nitrogens is 4. The Morgan fingerprint density at radius 2 is 1.95 bits per heavy atom. The third-order valence-electron chi connectivity index (χ3n) is 8.09. The van der Waals surface area contributed by atoms with Crippen molar-refractivity contribution in [3.8, 4) is 0 Å². The lowest BCUT2D eigenvalue weighted by molar-refractivity contribution is -0.140. The van der Waals surface area contributed by atoms with Crippen LogP contribution in [0.1, 0.15) is 76.9 Å². The maximum atomic E-state index is 14.1. The van der Waals surface area contributed by atoms with Crippen LogP contribution in [0.2, 0.25) is 0 Å². The van der Waals surface area contributed by atoms with Crippen molar-refractivity contribution < 1.29 is 24.2 Å². The van der Waals surface area contributed by atoms with Crippen LogP contribution in [-0.2, 0) is 14.3 Å². The number of carbonyl (C=O) groups excluding carboxylic acids is 1. The first-order chi connectivity index (χ1) is 18.0. The summed E-state index contributed by atoms with van der Waals surface area (Å²) in [5.41, 5.74) is 1.16. The number of carboxylic acid groups (broad SMARTS) is 1. The van der Waals surface area contributed by atoms with Gasteiger partial charge in [-0.15, -0.1) is 5.10 Å². The molecule has 1 saturated carbocycles. The van der Waals surface area contributed by atoms with E-state index in [4.69, 9.17) is 9.47 Å². The van der Waals surface area contributed by atoms with Crippen molar-refractivity contribution in [3.63, 3.8) is 0 Å². The van der Waals surface area contributed by atoms with E-state index < -0.39 is 17.6 Å². The molecule has 38 heavy (non-hydrogen) atoms. The molecule has 0 aromatic carbocycles. The summed E-state index contributed by atoms with van der Waals surface area (Å²) in [5.74, 6) is -0.436. The van der Waals surface area contributed by atoms with Crippen molar-refractivity contribution in [2.45, 2.75) is 83.0 Å². The van der Waals surface area contributed by atoms with Crippen molar-refractivity contribution in [1.29, 1.82) is 0 Å². The highest BCUT2D eigenvalue weighted by Gasteiger charge is 2.49. The number of carbonyl (C=O) groups is 2.